The number of sulfonamides is 1. The molecule has 10 heteroatoms. The van der Waals surface area contributed by atoms with E-state index in [2.05, 4.69) is 10.3 Å². The lowest BCUT2D eigenvalue weighted by molar-refractivity contribution is 0.204. The second kappa shape index (κ2) is 9.03. The van der Waals surface area contributed by atoms with E-state index in [1.165, 1.54) is 16.6 Å². The molecular formula is C26H28N4O5S. The van der Waals surface area contributed by atoms with Gasteiger partial charge in [0.1, 0.15) is 11.4 Å². The van der Waals surface area contributed by atoms with Crippen molar-refractivity contribution in [3.8, 4) is 11.4 Å². The van der Waals surface area contributed by atoms with Gasteiger partial charge in [-0.2, -0.15) is 0 Å². The van der Waals surface area contributed by atoms with Crippen molar-refractivity contribution in [1.29, 1.82) is 0 Å². The van der Waals surface area contributed by atoms with Gasteiger partial charge in [-0.1, -0.05) is 0 Å². The van der Waals surface area contributed by atoms with E-state index in [9.17, 15) is 18.3 Å². The zero-order chi connectivity index (χ0) is 25.6. The van der Waals surface area contributed by atoms with Crippen LogP contribution in [-0.4, -0.2) is 42.0 Å². The first-order valence-electron chi connectivity index (χ1n) is 11.7. The Hall–Kier alpha value is -3.76. The summed E-state index contributed by atoms with van der Waals surface area (Å²) in [5, 5.41) is 14.7. The fraction of sp³-hybridized carbons (Fsp3) is 0.269. The van der Waals surface area contributed by atoms with Crippen molar-refractivity contribution < 1.29 is 18.3 Å². The smallest absolute Gasteiger partial charge is 0.256 e. The standard InChI is InChI=1S/C26H28N4O5S/c1-16(2)35-21-8-6-20(7-9-21)30-24(31)11-4-18-15-22(28-25(18)30)26(32)27-19-5-10-23-17(14-19)12-13-29(23)36(3,33)34/h4-11,14-16,26-28,32H,12-13H2,1-3H3. The number of anilines is 2. The molecule has 2 aromatic heterocycles. The Labute approximate surface area is 209 Å². The van der Waals surface area contributed by atoms with E-state index in [-0.39, 0.29) is 11.7 Å². The predicted molar refractivity (Wildman–Crippen MR) is 141 cm³/mol. The molecule has 4 aromatic rings. The van der Waals surface area contributed by atoms with Gasteiger partial charge >= 0.3 is 0 Å². The number of pyridine rings is 1. The molecule has 0 spiro atoms. The number of aliphatic hydroxyl groups excluding tert-OH is 1. The highest BCUT2D eigenvalue weighted by atomic mass is 32.2. The van der Waals surface area contributed by atoms with Gasteiger partial charge in [0.25, 0.3) is 5.56 Å². The summed E-state index contributed by atoms with van der Waals surface area (Å²) in [4.78, 5) is 15.9. The Morgan fingerprint density at radius 1 is 1.06 bits per heavy atom. The van der Waals surface area contributed by atoms with Crippen molar-refractivity contribution in [2.24, 2.45) is 0 Å². The number of benzene rings is 2. The molecule has 0 bridgehead atoms. The second-order valence-electron chi connectivity index (χ2n) is 9.17. The maximum absolute atomic E-state index is 12.8. The fourth-order valence-electron chi connectivity index (χ4n) is 4.53. The minimum atomic E-state index is -3.32. The predicted octanol–water partition coefficient (Wildman–Crippen LogP) is 3.53. The lowest BCUT2D eigenvalue weighted by atomic mass is 10.1. The zero-order valence-corrected chi connectivity index (χ0v) is 21.0. The van der Waals surface area contributed by atoms with Gasteiger partial charge < -0.3 is 20.1 Å². The third-order valence-electron chi connectivity index (χ3n) is 6.09. The molecule has 5 rings (SSSR count). The fourth-order valence-corrected chi connectivity index (χ4v) is 5.49. The molecule has 1 atom stereocenters. The first-order valence-corrected chi connectivity index (χ1v) is 13.5. The third kappa shape index (κ3) is 4.57. The number of hydrogen-bond acceptors (Lipinski definition) is 6. The molecule has 0 saturated carbocycles. The second-order valence-corrected chi connectivity index (χ2v) is 11.1. The van der Waals surface area contributed by atoms with Crippen molar-refractivity contribution >= 4 is 32.4 Å². The van der Waals surface area contributed by atoms with Gasteiger partial charge in [-0.15, -0.1) is 0 Å². The highest BCUT2D eigenvalue weighted by Crippen LogP contribution is 2.33. The van der Waals surface area contributed by atoms with Gasteiger partial charge in [-0.3, -0.25) is 13.7 Å². The molecule has 0 aliphatic carbocycles. The van der Waals surface area contributed by atoms with Crippen molar-refractivity contribution in [3.05, 3.63) is 82.3 Å². The van der Waals surface area contributed by atoms with Crippen LogP contribution in [0.1, 0.15) is 31.3 Å². The van der Waals surface area contributed by atoms with E-state index in [0.717, 1.165) is 16.7 Å². The maximum Gasteiger partial charge on any atom is 0.256 e. The largest absolute Gasteiger partial charge is 0.491 e. The molecule has 0 fully saturated rings. The van der Waals surface area contributed by atoms with Crippen LogP contribution >= 0.6 is 0 Å². The van der Waals surface area contributed by atoms with Crippen molar-refractivity contribution in [2.45, 2.75) is 32.6 Å². The molecule has 1 aliphatic heterocycles. The summed E-state index contributed by atoms with van der Waals surface area (Å²) in [6.07, 6.45) is 0.772. The quantitative estimate of drug-likeness (QED) is 0.329. The highest BCUT2D eigenvalue weighted by molar-refractivity contribution is 7.92. The van der Waals surface area contributed by atoms with Crippen LogP contribution in [0, 0.1) is 0 Å². The Kier molecular flexibility index (Phi) is 6.01. The van der Waals surface area contributed by atoms with Crippen LogP contribution in [0.2, 0.25) is 0 Å². The number of H-pyrrole nitrogens is 1. The van der Waals surface area contributed by atoms with E-state index in [4.69, 9.17) is 4.74 Å². The van der Waals surface area contributed by atoms with Gasteiger partial charge in [-0.25, -0.2) is 8.42 Å². The van der Waals surface area contributed by atoms with Crippen LogP contribution in [0.15, 0.2) is 65.5 Å². The summed E-state index contributed by atoms with van der Waals surface area (Å²) < 4.78 is 32.6. The van der Waals surface area contributed by atoms with E-state index in [1.807, 2.05) is 44.2 Å². The van der Waals surface area contributed by atoms with Crippen LogP contribution in [0.25, 0.3) is 16.7 Å². The lowest BCUT2D eigenvalue weighted by Crippen LogP contribution is -2.27. The van der Waals surface area contributed by atoms with Gasteiger partial charge in [0.2, 0.25) is 10.0 Å². The molecule has 188 valence electrons. The molecule has 0 amide bonds. The topological polar surface area (TPSA) is 117 Å². The summed E-state index contributed by atoms with van der Waals surface area (Å²) in [6, 6.07) is 17.6. The molecule has 3 N–H and O–H groups in total. The maximum atomic E-state index is 12.8. The summed E-state index contributed by atoms with van der Waals surface area (Å²) >= 11 is 0. The third-order valence-corrected chi connectivity index (χ3v) is 7.27. The molecule has 9 nitrogen and oxygen atoms in total. The van der Waals surface area contributed by atoms with Gasteiger partial charge in [0.05, 0.1) is 29.4 Å². The Morgan fingerprint density at radius 2 is 1.81 bits per heavy atom. The summed E-state index contributed by atoms with van der Waals surface area (Å²) in [5.41, 5.74) is 3.74. The summed E-state index contributed by atoms with van der Waals surface area (Å²) in [6.45, 7) is 4.31. The van der Waals surface area contributed by atoms with E-state index in [1.54, 1.807) is 28.8 Å². The van der Waals surface area contributed by atoms with Crippen LogP contribution in [-0.2, 0) is 16.4 Å². The SMILES string of the molecule is CC(C)Oc1ccc(-n2c(=O)ccc3cc(C(O)Nc4ccc5c(c4)CCN5S(C)(=O)=O)[nH]c32)cc1. The van der Waals surface area contributed by atoms with Crippen molar-refractivity contribution in [3.63, 3.8) is 0 Å². The molecule has 36 heavy (non-hydrogen) atoms. The summed E-state index contributed by atoms with van der Waals surface area (Å²) in [7, 11) is -3.32. The molecule has 0 saturated heterocycles. The molecule has 1 unspecified atom stereocenters. The number of aromatic amines is 1. The molecule has 0 radical (unpaired) electrons. The van der Waals surface area contributed by atoms with Gasteiger partial charge in [0.15, 0.2) is 6.23 Å². The normalized spacial score (nSPS) is 14.3. The molecular weight excluding hydrogens is 480 g/mol. The average molecular weight is 509 g/mol. The number of fused-ring (bicyclic) bond motifs is 2. The van der Waals surface area contributed by atoms with Crippen LogP contribution in [0.5, 0.6) is 5.75 Å². The Morgan fingerprint density at radius 3 is 2.50 bits per heavy atom. The van der Waals surface area contributed by atoms with Gasteiger partial charge in [-0.05, 0) is 80.4 Å². The number of ether oxygens (including phenoxy) is 1. The van der Waals surface area contributed by atoms with Crippen LogP contribution in [0.3, 0.4) is 0 Å². The molecule has 3 heterocycles. The number of hydrogen-bond donors (Lipinski definition) is 3. The first kappa shape index (κ1) is 24.0. The number of nitrogens with one attached hydrogen (secondary N) is 2. The van der Waals surface area contributed by atoms with Gasteiger partial charge in [0, 0.05) is 23.7 Å². The van der Waals surface area contributed by atoms with Crippen LogP contribution in [0.4, 0.5) is 11.4 Å². The zero-order valence-electron chi connectivity index (χ0n) is 20.2. The Bertz CT molecular complexity index is 1590. The first-order chi connectivity index (χ1) is 17.1. The number of nitrogens with zero attached hydrogens (tertiary/aromatic N) is 2. The molecule has 2 aromatic carbocycles. The molecule has 1 aliphatic rings. The van der Waals surface area contributed by atoms with Crippen molar-refractivity contribution in [2.75, 3.05) is 22.4 Å². The summed E-state index contributed by atoms with van der Waals surface area (Å²) in [5.74, 6) is 0.717. The Balaban J connectivity index is 1.42. The van der Waals surface area contributed by atoms with Crippen LogP contribution < -0.4 is 19.9 Å². The van der Waals surface area contributed by atoms with Crippen molar-refractivity contribution in [1.82, 2.24) is 9.55 Å². The number of rotatable bonds is 7. The minimum absolute atomic E-state index is 0.0475. The lowest BCUT2D eigenvalue weighted by Gasteiger charge is -2.17. The van der Waals surface area contributed by atoms with E-state index in [0.29, 0.717) is 41.4 Å². The minimum Gasteiger partial charge on any atom is -0.491 e. The van der Waals surface area contributed by atoms with E-state index >= 15 is 0 Å². The number of aliphatic hydroxyl groups is 1. The average Bonchev–Trinajstić information content (AvgIpc) is 3.43. The number of aromatic nitrogens is 2. The monoisotopic (exact) mass is 508 g/mol. The van der Waals surface area contributed by atoms with E-state index < -0.39 is 16.3 Å². The highest BCUT2D eigenvalue weighted by Gasteiger charge is 2.26.